The van der Waals surface area contributed by atoms with Crippen molar-refractivity contribution in [3.8, 4) is 5.69 Å². The van der Waals surface area contributed by atoms with Crippen LogP contribution in [-0.4, -0.2) is 51.4 Å². The Morgan fingerprint density at radius 2 is 2.35 bits per heavy atom. The molecule has 1 atom stereocenters. The maximum atomic E-state index is 14.2. The lowest BCUT2D eigenvalue weighted by Crippen LogP contribution is -2.33. The van der Waals surface area contributed by atoms with Gasteiger partial charge in [-0.05, 0) is 28.6 Å². The number of carbonyl (C=O) groups excluding carboxylic acids is 2. The van der Waals surface area contributed by atoms with E-state index in [2.05, 4.69) is 20.8 Å². The van der Waals surface area contributed by atoms with Gasteiger partial charge in [-0.25, -0.2) is 9.18 Å². The SMILES string of the molecule is CC(=O)NC[C@H]1CN(c2ccc(-n3cnnn3)c(F)c2)C(=O)O1. The van der Waals surface area contributed by atoms with E-state index in [1.807, 2.05) is 0 Å². The van der Waals surface area contributed by atoms with Gasteiger partial charge in [0, 0.05) is 6.92 Å². The van der Waals surface area contributed by atoms with Crippen LogP contribution in [0.5, 0.6) is 0 Å². The zero-order valence-electron chi connectivity index (χ0n) is 12.1. The first-order chi connectivity index (χ1) is 11.0. The number of carbonyl (C=O) groups is 2. The smallest absolute Gasteiger partial charge is 0.414 e. The largest absolute Gasteiger partial charge is 0.442 e. The fourth-order valence-electron chi connectivity index (χ4n) is 2.22. The first kappa shape index (κ1) is 14.9. The number of tetrazole rings is 1. The van der Waals surface area contributed by atoms with E-state index >= 15 is 0 Å². The van der Waals surface area contributed by atoms with Gasteiger partial charge in [-0.2, -0.15) is 4.68 Å². The van der Waals surface area contributed by atoms with E-state index in [4.69, 9.17) is 4.74 Å². The number of anilines is 1. The molecule has 120 valence electrons. The predicted octanol–water partition coefficient (Wildman–Crippen LogP) is 0.263. The number of nitrogens with one attached hydrogen (secondary N) is 1. The number of ether oxygens (including phenoxy) is 1. The predicted molar refractivity (Wildman–Crippen MR) is 75.4 cm³/mol. The van der Waals surface area contributed by atoms with Crippen LogP contribution in [0.3, 0.4) is 0 Å². The van der Waals surface area contributed by atoms with Gasteiger partial charge in [0.05, 0.1) is 18.8 Å². The summed E-state index contributed by atoms with van der Waals surface area (Å²) in [6.45, 7) is 1.81. The minimum absolute atomic E-state index is 0.168. The highest BCUT2D eigenvalue weighted by Gasteiger charge is 2.32. The van der Waals surface area contributed by atoms with Crippen LogP contribution in [0.25, 0.3) is 5.69 Å². The van der Waals surface area contributed by atoms with Gasteiger partial charge in [-0.1, -0.05) is 0 Å². The number of hydrogen-bond acceptors (Lipinski definition) is 6. The molecule has 1 saturated heterocycles. The first-order valence-corrected chi connectivity index (χ1v) is 6.80. The van der Waals surface area contributed by atoms with Crippen molar-refractivity contribution in [1.29, 1.82) is 0 Å². The van der Waals surface area contributed by atoms with Gasteiger partial charge in [0.2, 0.25) is 5.91 Å². The van der Waals surface area contributed by atoms with Gasteiger partial charge in [0.25, 0.3) is 0 Å². The third-order valence-corrected chi connectivity index (χ3v) is 3.29. The molecule has 23 heavy (non-hydrogen) atoms. The second-order valence-electron chi connectivity index (χ2n) is 4.94. The summed E-state index contributed by atoms with van der Waals surface area (Å²) in [5.41, 5.74) is 0.524. The van der Waals surface area contributed by atoms with Crippen LogP contribution >= 0.6 is 0 Å². The highest BCUT2D eigenvalue weighted by atomic mass is 19.1. The number of amides is 2. The van der Waals surface area contributed by atoms with Crippen LogP contribution in [0.2, 0.25) is 0 Å². The molecule has 2 amide bonds. The molecule has 0 bridgehead atoms. The second-order valence-corrected chi connectivity index (χ2v) is 4.94. The number of nitrogens with zero attached hydrogens (tertiary/aromatic N) is 5. The second kappa shape index (κ2) is 5.99. The van der Waals surface area contributed by atoms with Gasteiger partial charge in [0.1, 0.15) is 18.1 Å². The Bertz CT molecular complexity index is 735. The third kappa shape index (κ3) is 3.10. The van der Waals surface area contributed by atoms with Crippen molar-refractivity contribution < 1.29 is 18.7 Å². The fourth-order valence-corrected chi connectivity index (χ4v) is 2.22. The number of halogens is 1. The lowest BCUT2D eigenvalue weighted by atomic mass is 10.2. The van der Waals surface area contributed by atoms with Crippen LogP contribution in [0.1, 0.15) is 6.92 Å². The Kier molecular flexibility index (Phi) is 3.87. The molecule has 0 saturated carbocycles. The minimum Gasteiger partial charge on any atom is -0.442 e. The number of cyclic esters (lactones) is 1. The first-order valence-electron chi connectivity index (χ1n) is 6.80. The van der Waals surface area contributed by atoms with Crippen molar-refractivity contribution in [1.82, 2.24) is 25.5 Å². The highest BCUT2D eigenvalue weighted by Crippen LogP contribution is 2.24. The summed E-state index contributed by atoms with van der Waals surface area (Å²) >= 11 is 0. The Hall–Kier alpha value is -3.04. The van der Waals surface area contributed by atoms with E-state index in [1.165, 1.54) is 35.0 Å². The molecule has 10 heteroatoms. The molecule has 2 heterocycles. The van der Waals surface area contributed by atoms with Crippen LogP contribution in [-0.2, 0) is 9.53 Å². The van der Waals surface area contributed by atoms with E-state index in [1.54, 1.807) is 6.07 Å². The number of benzene rings is 1. The topological polar surface area (TPSA) is 102 Å². The molecule has 1 aliphatic rings. The maximum Gasteiger partial charge on any atom is 0.414 e. The summed E-state index contributed by atoms with van der Waals surface area (Å²) in [5, 5.41) is 13.1. The molecule has 2 aromatic rings. The van der Waals surface area contributed by atoms with Gasteiger partial charge in [0.15, 0.2) is 5.82 Å². The van der Waals surface area contributed by atoms with Gasteiger partial charge >= 0.3 is 6.09 Å². The average Bonchev–Trinajstić information content (AvgIpc) is 3.14. The van der Waals surface area contributed by atoms with E-state index in [9.17, 15) is 14.0 Å². The Morgan fingerprint density at radius 1 is 1.52 bits per heavy atom. The lowest BCUT2D eigenvalue weighted by molar-refractivity contribution is -0.119. The van der Waals surface area contributed by atoms with Gasteiger partial charge in [-0.15, -0.1) is 5.10 Å². The summed E-state index contributed by atoms with van der Waals surface area (Å²) in [4.78, 5) is 24.1. The molecule has 0 unspecified atom stereocenters. The van der Waals surface area contributed by atoms with Crippen LogP contribution < -0.4 is 10.2 Å². The molecule has 0 radical (unpaired) electrons. The van der Waals surface area contributed by atoms with Crippen molar-refractivity contribution in [2.75, 3.05) is 18.0 Å². The fraction of sp³-hybridized carbons (Fsp3) is 0.308. The molecule has 1 aromatic carbocycles. The van der Waals surface area contributed by atoms with E-state index < -0.39 is 18.0 Å². The van der Waals surface area contributed by atoms with Crippen molar-refractivity contribution in [2.24, 2.45) is 0 Å². The van der Waals surface area contributed by atoms with Crippen molar-refractivity contribution in [3.05, 3.63) is 30.3 Å². The summed E-state index contributed by atoms with van der Waals surface area (Å²) in [5.74, 6) is -0.788. The van der Waals surface area contributed by atoms with Crippen LogP contribution in [0, 0.1) is 5.82 Å². The highest BCUT2D eigenvalue weighted by molar-refractivity contribution is 5.90. The molecule has 0 aliphatic carbocycles. The van der Waals surface area contributed by atoms with Crippen molar-refractivity contribution in [3.63, 3.8) is 0 Å². The summed E-state index contributed by atoms with van der Waals surface area (Å²) in [7, 11) is 0. The number of hydrogen-bond donors (Lipinski definition) is 1. The van der Waals surface area contributed by atoms with E-state index in [0.717, 1.165) is 0 Å². The molecular weight excluding hydrogens is 307 g/mol. The monoisotopic (exact) mass is 320 g/mol. The summed E-state index contributed by atoms with van der Waals surface area (Å²) in [6.07, 6.45) is 0.203. The van der Waals surface area contributed by atoms with Crippen LogP contribution in [0.4, 0.5) is 14.9 Å². The molecule has 1 fully saturated rings. The normalized spacial score (nSPS) is 17.2. The summed E-state index contributed by atoms with van der Waals surface area (Å²) < 4.78 is 20.5. The average molecular weight is 320 g/mol. The Morgan fingerprint density at radius 3 is 3.00 bits per heavy atom. The Labute approximate surface area is 130 Å². The molecule has 0 spiro atoms. The van der Waals surface area contributed by atoms with Gasteiger partial charge < -0.3 is 10.1 Å². The minimum atomic E-state index is -0.588. The standard InChI is InChI=1S/C13H13FN6O3/c1-8(21)15-5-10-6-19(13(22)23-10)9-2-3-12(11(14)4-9)20-7-16-17-18-20/h2-4,7,10H,5-6H2,1H3,(H,15,21)/t10-/m0/s1. The third-order valence-electron chi connectivity index (χ3n) is 3.29. The molecule has 1 aromatic heterocycles. The zero-order valence-corrected chi connectivity index (χ0v) is 12.1. The lowest BCUT2D eigenvalue weighted by Gasteiger charge is -2.14. The number of aromatic nitrogens is 4. The van der Waals surface area contributed by atoms with Gasteiger partial charge in [-0.3, -0.25) is 9.69 Å². The maximum absolute atomic E-state index is 14.2. The van der Waals surface area contributed by atoms with Crippen molar-refractivity contribution >= 4 is 17.7 Å². The van der Waals surface area contributed by atoms with E-state index in [-0.39, 0.29) is 24.7 Å². The molecular formula is C13H13FN6O3. The molecule has 1 aliphatic heterocycles. The Balaban J connectivity index is 1.76. The summed E-state index contributed by atoms with van der Waals surface area (Å²) in [6, 6.07) is 4.25. The van der Waals surface area contributed by atoms with E-state index in [0.29, 0.717) is 5.69 Å². The van der Waals surface area contributed by atoms with Crippen molar-refractivity contribution in [2.45, 2.75) is 13.0 Å². The quantitative estimate of drug-likeness (QED) is 0.867. The zero-order chi connectivity index (χ0) is 16.4. The van der Waals surface area contributed by atoms with Crippen LogP contribution in [0.15, 0.2) is 24.5 Å². The molecule has 9 nitrogen and oxygen atoms in total. The molecule has 3 rings (SSSR count). The molecule has 1 N–H and O–H groups in total. The number of rotatable bonds is 4.